The molecule has 0 unspecified atom stereocenters. The second-order valence-electron chi connectivity index (χ2n) is 4.57. The number of ether oxygens (including phenoxy) is 1. The summed E-state index contributed by atoms with van der Waals surface area (Å²) in [5, 5.41) is 12.5. The van der Waals surface area contributed by atoms with Crippen molar-refractivity contribution >= 4 is 17.3 Å². The van der Waals surface area contributed by atoms with E-state index < -0.39 is 5.91 Å². The molecule has 0 saturated heterocycles. The number of hydrogen-bond acceptors (Lipinski definition) is 4. The van der Waals surface area contributed by atoms with Crippen molar-refractivity contribution < 1.29 is 14.6 Å². The second kappa shape index (κ2) is 6.65. The predicted molar refractivity (Wildman–Crippen MR) is 82.7 cm³/mol. The Labute approximate surface area is 123 Å². The van der Waals surface area contributed by atoms with Crippen molar-refractivity contribution in [2.45, 2.75) is 13.3 Å². The van der Waals surface area contributed by atoms with Crippen LogP contribution >= 0.6 is 0 Å². The lowest BCUT2D eigenvalue weighted by molar-refractivity contribution is 0.102. The van der Waals surface area contributed by atoms with Gasteiger partial charge < -0.3 is 20.9 Å². The Balaban J connectivity index is 2.07. The maximum Gasteiger partial charge on any atom is 0.259 e. The Bertz CT molecular complexity index is 624. The number of phenols is 1. The minimum atomic E-state index is -0.415. The number of para-hydroxylation sites is 1. The summed E-state index contributed by atoms with van der Waals surface area (Å²) in [6, 6.07) is 11.7. The molecule has 2 rings (SSSR count). The Morgan fingerprint density at radius 1 is 1.24 bits per heavy atom. The van der Waals surface area contributed by atoms with Crippen LogP contribution in [0.3, 0.4) is 0 Å². The zero-order valence-corrected chi connectivity index (χ0v) is 11.8. The van der Waals surface area contributed by atoms with Crippen LogP contribution < -0.4 is 15.8 Å². The van der Waals surface area contributed by atoms with Gasteiger partial charge in [-0.3, -0.25) is 4.79 Å². The molecule has 5 nitrogen and oxygen atoms in total. The third kappa shape index (κ3) is 3.66. The molecular weight excluding hydrogens is 268 g/mol. The summed E-state index contributed by atoms with van der Waals surface area (Å²) >= 11 is 0. The molecule has 0 aromatic heterocycles. The van der Waals surface area contributed by atoms with Crippen LogP contribution in [-0.2, 0) is 0 Å². The Kier molecular flexibility index (Phi) is 4.66. The summed E-state index contributed by atoms with van der Waals surface area (Å²) in [5.41, 5.74) is 6.50. The van der Waals surface area contributed by atoms with Crippen LogP contribution in [0, 0.1) is 0 Å². The molecule has 0 radical (unpaired) electrons. The van der Waals surface area contributed by atoms with Gasteiger partial charge in [0.1, 0.15) is 5.75 Å². The zero-order chi connectivity index (χ0) is 15.2. The van der Waals surface area contributed by atoms with Gasteiger partial charge in [-0.2, -0.15) is 0 Å². The number of nitrogens with one attached hydrogen (secondary N) is 1. The van der Waals surface area contributed by atoms with Gasteiger partial charge in [0, 0.05) is 5.69 Å². The van der Waals surface area contributed by atoms with Crippen LogP contribution in [0.2, 0.25) is 0 Å². The highest BCUT2D eigenvalue weighted by molar-refractivity contribution is 6.07. The lowest BCUT2D eigenvalue weighted by atomic mass is 10.1. The minimum absolute atomic E-state index is 0.140. The Morgan fingerprint density at radius 3 is 2.62 bits per heavy atom. The first-order valence-electron chi connectivity index (χ1n) is 6.73. The Hall–Kier alpha value is -2.69. The van der Waals surface area contributed by atoms with Crippen LogP contribution in [0.5, 0.6) is 11.5 Å². The average Bonchev–Trinajstić information content (AvgIpc) is 2.49. The van der Waals surface area contributed by atoms with Gasteiger partial charge in [0.05, 0.1) is 17.9 Å². The van der Waals surface area contributed by atoms with Gasteiger partial charge in [0.25, 0.3) is 5.91 Å². The molecule has 0 atom stereocenters. The number of aromatic hydroxyl groups is 1. The quantitative estimate of drug-likeness (QED) is 0.582. The van der Waals surface area contributed by atoms with Gasteiger partial charge in [-0.05, 0) is 42.8 Å². The normalized spacial score (nSPS) is 10.1. The van der Waals surface area contributed by atoms with Crippen LogP contribution in [0.15, 0.2) is 42.5 Å². The second-order valence-corrected chi connectivity index (χ2v) is 4.57. The number of nitrogens with two attached hydrogens (primary N) is 1. The van der Waals surface area contributed by atoms with E-state index in [1.807, 2.05) is 6.92 Å². The summed E-state index contributed by atoms with van der Waals surface area (Å²) in [6.07, 6.45) is 0.938. The van der Waals surface area contributed by atoms with Crippen molar-refractivity contribution in [2.75, 3.05) is 17.7 Å². The van der Waals surface area contributed by atoms with E-state index in [2.05, 4.69) is 5.32 Å². The molecule has 0 aliphatic carbocycles. The average molecular weight is 286 g/mol. The maximum absolute atomic E-state index is 12.1. The van der Waals surface area contributed by atoms with Gasteiger partial charge in [0.2, 0.25) is 0 Å². The highest BCUT2D eigenvalue weighted by atomic mass is 16.5. The molecule has 0 heterocycles. The van der Waals surface area contributed by atoms with Gasteiger partial charge in [-0.15, -0.1) is 0 Å². The zero-order valence-electron chi connectivity index (χ0n) is 11.8. The first kappa shape index (κ1) is 14.7. The molecule has 0 fully saturated rings. The lowest BCUT2D eigenvalue weighted by Gasteiger charge is -2.09. The summed E-state index contributed by atoms with van der Waals surface area (Å²) in [6.45, 7) is 2.69. The highest BCUT2D eigenvalue weighted by Crippen LogP contribution is 2.25. The van der Waals surface area contributed by atoms with Gasteiger partial charge in [-0.25, -0.2) is 0 Å². The smallest absolute Gasteiger partial charge is 0.259 e. The van der Waals surface area contributed by atoms with Crippen molar-refractivity contribution in [2.24, 2.45) is 0 Å². The van der Waals surface area contributed by atoms with Crippen LogP contribution in [0.25, 0.3) is 0 Å². The summed E-state index contributed by atoms with van der Waals surface area (Å²) in [7, 11) is 0. The third-order valence-corrected chi connectivity index (χ3v) is 2.90. The number of carbonyl (C=O) groups is 1. The highest BCUT2D eigenvalue weighted by Gasteiger charge is 2.13. The fourth-order valence-corrected chi connectivity index (χ4v) is 1.80. The van der Waals surface area contributed by atoms with Gasteiger partial charge in [0.15, 0.2) is 5.75 Å². The van der Waals surface area contributed by atoms with E-state index >= 15 is 0 Å². The fourth-order valence-electron chi connectivity index (χ4n) is 1.80. The molecule has 0 saturated carbocycles. The largest absolute Gasteiger partial charge is 0.505 e. The molecule has 4 N–H and O–H groups in total. The van der Waals surface area contributed by atoms with Crippen molar-refractivity contribution in [1.82, 2.24) is 0 Å². The van der Waals surface area contributed by atoms with Crippen LogP contribution in [0.4, 0.5) is 11.4 Å². The molecule has 0 aliphatic rings. The minimum Gasteiger partial charge on any atom is -0.505 e. The van der Waals surface area contributed by atoms with E-state index in [-0.39, 0.29) is 17.0 Å². The number of hydrogen-bond donors (Lipinski definition) is 3. The van der Waals surface area contributed by atoms with Crippen LogP contribution in [-0.4, -0.2) is 17.6 Å². The third-order valence-electron chi connectivity index (χ3n) is 2.90. The molecule has 110 valence electrons. The van der Waals surface area contributed by atoms with Crippen molar-refractivity contribution in [1.29, 1.82) is 0 Å². The Morgan fingerprint density at radius 2 is 1.95 bits per heavy atom. The van der Waals surface area contributed by atoms with Crippen molar-refractivity contribution in [3.8, 4) is 11.5 Å². The summed E-state index contributed by atoms with van der Waals surface area (Å²) in [4.78, 5) is 12.1. The number of benzene rings is 2. The molecule has 2 aromatic carbocycles. The maximum atomic E-state index is 12.1. The number of phenolic OH excluding ortho intramolecular Hbond substituents is 1. The van der Waals surface area contributed by atoms with Crippen molar-refractivity contribution in [3.63, 3.8) is 0 Å². The number of rotatable bonds is 5. The van der Waals surface area contributed by atoms with Crippen LogP contribution in [0.1, 0.15) is 23.7 Å². The first-order chi connectivity index (χ1) is 10.1. The number of anilines is 2. The van der Waals surface area contributed by atoms with E-state index in [1.54, 1.807) is 30.3 Å². The fraction of sp³-hybridized carbons (Fsp3) is 0.188. The van der Waals surface area contributed by atoms with Gasteiger partial charge >= 0.3 is 0 Å². The van der Waals surface area contributed by atoms with E-state index in [4.69, 9.17) is 10.5 Å². The lowest BCUT2D eigenvalue weighted by Crippen LogP contribution is -2.12. The molecule has 21 heavy (non-hydrogen) atoms. The van der Waals surface area contributed by atoms with E-state index in [1.165, 1.54) is 12.1 Å². The predicted octanol–water partition coefficient (Wildman–Crippen LogP) is 3.02. The molecular formula is C16H18N2O3. The monoisotopic (exact) mass is 286 g/mol. The van der Waals surface area contributed by atoms with E-state index in [0.717, 1.165) is 12.2 Å². The first-order valence-corrected chi connectivity index (χ1v) is 6.73. The van der Waals surface area contributed by atoms with Crippen molar-refractivity contribution in [3.05, 3.63) is 48.0 Å². The summed E-state index contributed by atoms with van der Waals surface area (Å²) < 4.78 is 5.47. The molecule has 0 spiro atoms. The summed E-state index contributed by atoms with van der Waals surface area (Å²) in [5.74, 6) is 0.126. The molecule has 0 aliphatic heterocycles. The number of nitrogen functional groups attached to an aromatic ring is 1. The molecule has 0 bridgehead atoms. The molecule has 2 aromatic rings. The SMILES string of the molecule is CCCOc1ccc(NC(=O)c2cccc(N)c2O)cc1. The van der Waals surface area contributed by atoms with E-state index in [0.29, 0.717) is 12.3 Å². The molecule has 1 amide bonds. The van der Waals surface area contributed by atoms with Gasteiger partial charge in [-0.1, -0.05) is 13.0 Å². The topological polar surface area (TPSA) is 84.6 Å². The van der Waals surface area contributed by atoms with E-state index in [9.17, 15) is 9.90 Å². The molecule has 5 heteroatoms. The number of amides is 1. The standard InChI is InChI=1S/C16H18N2O3/c1-2-10-21-12-8-6-11(7-9-12)18-16(20)13-4-3-5-14(17)15(13)19/h3-9,19H,2,10,17H2,1H3,(H,18,20). The number of carbonyl (C=O) groups excluding carboxylic acids is 1.